The van der Waals surface area contributed by atoms with Crippen molar-refractivity contribution in [3.8, 4) is 5.69 Å². The number of aliphatic hydroxyl groups excluding tert-OH is 1. The van der Waals surface area contributed by atoms with Gasteiger partial charge in [-0.2, -0.15) is 5.10 Å². The van der Waals surface area contributed by atoms with E-state index in [9.17, 15) is 4.79 Å². The fourth-order valence-corrected chi connectivity index (χ4v) is 1.99. The second kappa shape index (κ2) is 7.09. The van der Waals surface area contributed by atoms with Gasteiger partial charge in [0.05, 0.1) is 17.1 Å². The third-order valence-electron chi connectivity index (χ3n) is 3.62. The topological polar surface area (TPSA) is 79.2 Å². The molecule has 2 amide bonds. The Balaban J connectivity index is 2.12. The molecule has 0 saturated carbocycles. The lowest BCUT2D eigenvalue weighted by Gasteiger charge is -2.20. The predicted molar refractivity (Wildman–Crippen MR) is 86.2 cm³/mol. The van der Waals surface area contributed by atoms with Crippen LogP contribution in [0.25, 0.3) is 5.69 Å². The Kier molecular flexibility index (Phi) is 5.16. The highest BCUT2D eigenvalue weighted by molar-refractivity contribution is 5.91. The van der Waals surface area contributed by atoms with Gasteiger partial charge in [0, 0.05) is 18.8 Å². The fourth-order valence-electron chi connectivity index (χ4n) is 1.99. The van der Waals surface area contributed by atoms with Crippen molar-refractivity contribution in [1.82, 2.24) is 15.1 Å². The van der Waals surface area contributed by atoms with Crippen LogP contribution in [-0.2, 0) is 0 Å². The van der Waals surface area contributed by atoms with Crippen LogP contribution in [0.1, 0.15) is 19.5 Å². The SMILES string of the molecule is Cc1ccn(-c2ccccc2NC(=O)NC(C)C(C)CO)n1. The van der Waals surface area contributed by atoms with Crippen LogP contribution in [0.2, 0.25) is 0 Å². The molecule has 1 aromatic heterocycles. The van der Waals surface area contributed by atoms with Crippen molar-refractivity contribution in [2.24, 2.45) is 5.92 Å². The van der Waals surface area contributed by atoms with E-state index in [-0.39, 0.29) is 24.6 Å². The molecule has 2 unspecified atom stereocenters. The molecule has 0 aliphatic carbocycles. The highest BCUT2D eigenvalue weighted by Gasteiger charge is 2.15. The average molecular weight is 302 g/mol. The summed E-state index contributed by atoms with van der Waals surface area (Å²) in [6.45, 7) is 5.69. The van der Waals surface area contributed by atoms with Gasteiger partial charge in [-0.05, 0) is 38.0 Å². The molecular formula is C16H22N4O2. The number of urea groups is 1. The lowest BCUT2D eigenvalue weighted by atomic mass is 10.1. The van der Waals surface area contributed by atoms with E-state index in [4.69, 9.17) is 5.11 Å². The number of aryl methyl sites for hydroxylation is 1. The van der Waals surface area contributed by atoms with E-state index in [1.165, 1.54) is 0 Å². The van der Waals surface area contributed by atoms with Crippen molar-refractivity contribution in [3.63, 3.8) is 0 Å². The normalized spacial score (nSPS) is 13.5. The minimum Gasteiger partial charge on any atom is -0.396 e. The number of nitrogens with zero attached hydrogens (tertiary/aromatic N) is 2. The number of para-hydroxylation sites is 2. The number of rotatable bonds is 5. The van der Waals surface area contributed by atoms with Gasteiger partial charge in [-0.25, -0.2) is 9.48 Å². The van der Waals surface area contributed by atoms with Crippen LogP contribution in [0.3, 0.4) is 0 Å². The Morgan fingerprint density at radius 2 is 2.05 bits per heavy atom. The number of carbonyl (C=O) groups excluding carboxylic acids is 1. The number of benzene rings is 1. The largest absolute Gasteiger partial charge is 0.396 e. The molecule has 1 heterocycles. The van der Waals surface area contributed by atoms with E-state index >= 15 is 0 Å². The Morgan fingerprint density at radius 1 is 1.32 bits per heavy atom. The van der Waals surface area contributed by atoms with Crippen molar-refractivity contribution >= 4 is 11.7 Å². The molecule has 2 aromatic rings. The van der Waals surface area contributed by atoms with Gasteiger partial charge in [-0.15, -0.1) is 0 Å². The molecule has 0 bridgehead atoms. The van der Waals surface area contributed by atoms with Gasteiger partial charge in [0.2, 0.25) is 0 Å². The van der Waals surface area contributed by atoms with Crippen LogP contribution < -0.4 is 10.6 Å². The molecule has 0 saturated heterocycles. The fraction of sp³-hybridized carbons (Fsp3) is 0.375. The van der Waals surface area contributed by atoms with Crippen LogP contribution in [0.15, 0.2) is 36.5 Å². The van der Waals surface area contributed by atoms with E-state index in [1.807, 2.05) is 57.3 Å². The predicted octanol–water partition coefficient (Wildman–Crippen LogP) is 2.32. The van der Waals surface area contributed by atoms with Gasteiger partial charge in [-0.3, -0.25) is 0 Å². The van der Waals surface area contributed by atoms with Crippen molar-refractivity contribution in [2.45, 2.75) is 26.8 Å². The van der Waals surface area contributed by atoms with Gasteiger partial charge < -0.3 is 15.7 Å². The molecule has 0 spiro atoms. The third-order valence-corrected chi connectivity index (χ3v) is 3.62. The van der Waals surface area contributed by atoms with E-state index in [1.54, 1.807) is 4.68 Å². The summed E-state index contributed by atoms with van der Waals surface area (Å²) in [6.07, 6.45) is 1.85. The van der Waals surface area contributed by atoms with Gasteiger partial charge in [0.25, 0.3) is 0 Å². The van der Waals surface area contributed by atoms with Gasteiger partial charge in [0.1, 0.15) is 0 Å². The molecule has 3 N–H and O–H groups in total. The molecule has 22 heavy (non-hydrogen) atoms. The maximum Gasteiger partial charge on any atom is 0.319 e. The first-order chi connectivity index (χ1) is 10.5. The molecule has 2 atom stereocenters. The number of anilines is 1. The Morgan fingerprint density at radius 3 is 2.68 bits per heavy atom. The van der Waals surface area contributed by atoms with Gasteiger partial charge in [0.15, 0.2) is 0 Å². The number of hydrogen-bond acceptors (Lipinski definition) is 3. The molecule has 6 nitrogen and oxygen atoms in total. The summed E-state index contributed by atoms with van der Waals surface area (Å²) in [5.74, 6) is -0.00485. The zero-order valence-corrected chi connectivity index (χ0v) is 13.1. The van der Waals surface area contributed by atoms with Crippen LogP contribution in [0.4, 0.5) is 10.5 Å². The minimum atomic E-state index is -0.302. The maximum absolute atomic E-state index is 12.1. The Bertz CT molecular complexity index is 639. The van der Waals surface area contributed by atoms with Crippen molar-refractivity contribution in [3.05, 3.63) is 42.2 Å². The Labute approximate surface area is 130 Å². The van der Waals surface area contributed by atoms with Gasteiger partial charge in [-0.1, -0.05) is 19.1 Å². The maximum atomic E-state index is 12.1. The van der Waals surface area contributed by atoms with Crippen molar-refractivity contribution in [2.75, 3.05) is 11.9 Å². The van der Waals surface area contributed by atoms with E-state index in [0.717, 1.165) is 11.4 Å². The molecule has 0 radical (unpaired) electrons. The molecule has 0 aliphatic heterocycles. The number of carbonyl (C=O) groups is 1. The monoisotopic (exact) mass is 302 g/mol. The molecular weight excluding hydrogens is 280 g/mol. The lowest BCUT2D eigenvalue weighted by molar-refractivity contribution is 0.204. The number of aliphatic hydroxyl groups is 1. The minimum absolute atomic E-state index is 0.00485. The van der Waals surface area contributed by atoms with E-state index < -0.39 is 0 Å². The quantitative estimate of drug-likeness (QED) is 0.793. The van der Waals surface area contributed by atoms with E-state index in [0.29, 0.717) is 5.69 Å². The summed E-state index contributed by atoms with van der Waals surface area (Å²) in [5, 5.41) is 19.1. The second-order valence-electron chi connectivity index (χ2n) is 5.47. The first kappa shape index (κ1) is 16.0. The van der Waals surface area contributed by atoms with Crippen LogP contribution in [0.5, 0.6) is 0 Å². The summed E-state index contributed by atoms with van der Waals surface area (Å²) < 4.78 is 1.73. The molecule has 0 aliphatic rings. The number of nitrogens with one attached hydrogen (secondary N) is 2. The van der Waals surface area contributed by atoms with Gasteiger partial charge >= 0.3 is 6.03 Å². The zero-order valence-electron chi connectivity index (χ0n) is 13.1. The third kappa shape index (κ3) is 3.85. The van der Waals surface area contributed by atoms with E-state index in [2.05, 4.69) is 15.7 Å². The van der Waals surface area contributed by atoms with Crippen LogP contribution in [-0.4, -0.2) is 33.6 Å². The highest BCUT2D eigenvalue weighted by Crippen LogP contribution is 2.19. The molecule has 0 fully saturated rings. The summed E-state index contributed by atoms with van der Waals surface area (Å²) in [4.78, 5) is 12.1. The standard InChI is InChI=1S/C16H22N4O2/c1-11(10-21)13(3)17-16(22)18-14-6-4-5-7-15(14)20-9-8-12(2)19-20/h4-9,11,13,21H,10H2,1-3H3,(H2,17,18,22). The highest BCUT2D eigenvalue weighted by atomic mass is 16.3. The molecule has 1 aromatic carbocycles. The molecule has 6 heteroatoms. The number of amides is 2. The first-order valence-corrected chi connectivity index (χ1v) is 7.31. The smallest absolute Gasteiger partial charge is 0.319 e. The molecule has 118 valence electrons. The number of hydrogen-bond donors (Lipinski definition) is 3. The van der Waals surface area contributed by atoms with Crippen molar-refractivity contribution < 1.29 is 9.90 Å². The van der Waals surface area contributed by atoms with Crippen LogP contribution >= 0.6 is 0 Å². The average Bonchev–Trinajstić information content (AvgIpc) is 2.93. The summed E-state index contributed by atoms with van der Waals surface area (Å²) in [7, 11) is 0. The number of aromatic nitrogens is 2. The second-order valence-corrected chi connectivity index (χ2v) is 5.47. The lowest BCUT2D eigenvalue weighted by Crippen LogP contribution is -2.40. The zero-order chi connectivity index (χ0) is 16.1. The summed E-state index contributed by atoms with van der Waals surface area (Å²) in [6, 6.07) is 8.95. The van der Waals surface area contributed by atoms with Crippen LogP contribution in [0, 0.1) is 12.8 Å². The molecule has 2 rings (SSSR count). The summed E-state index contributed by atoms with van der Waals surface area (Å²) in [5.41, 5.74) is 2.38. The Hall–Kier alpha value is -2.34. The summed E-state index contributed by atoms with van der Waals surface area (Å²) >= 11 is 0. The first-order valence-electron chi connectivity index (χ1n) is 7.31. The van der Waals surface area contributed by atoms with Crippen molar-refractivity contribution in [1.29, 1.82) is 0 Å².